The van der Waals surface area contributed by atoms with Crippen LogP contribution >= 0.6 is 0 Å². The van der Waals surface area contributed by atoms with E-state index >= 15 is 0 Å². The van der Waals surface area contributed by atoms with Crippen molar-refractivity contribution in [3.8, 4) is 11.4 Å². The highest BCUT2D eigenvalue weighted by Gasteiger charge is 2.04. The van der Waals surface area contributed by atoms with Crippen molar-refractivity contribution < 1.29 is 5.11 Å². The molecule has 1 aromatic heterocycles. The van der Waals surface area contributed by atoms with E-state index in [0.29, 0.717) is 11.4 Å². The van der Waals surface area contributed by atoms with E-state index in [9.17, 15) is 14.7 Å². The minimum atomic E-state index is -0.518. The number of aromatic hydroxyl groups is 1. The molecule has 0 aliphatic rings. The van der Waals surface area contributed by atoms with Crippen molar-refractivity contribution in [2.45, 2.75) is 6.92 Å². The summed E-state index contributed by atoms with van der Waals surface area (Å²) in [5, 5.41) is 9.32. The van der Waals surface area contributed by atoms with E-state index in [2.05, 4.69) is 4.98 Å². The Morgan fingerprint density at radius 1 is 1.25 bits per heavy atom. The summed E-state index contributed by atoms with van der Waals surface area (Å²) in [5.41, 5.74) is 0.0765. The average Bonchev–Trinajstić information content (AvgIpc) is 2.15. The summed E-state index contributed by atoms with van der Waals surface area (Å²) < 4.78 is 1.32. The van der Waals surface area contributed by atoms with Crippen LogP contribution in [0.2, 0.25) is 0 Å². The van der Waals surface area contributed by atoms with Gasteiger partial charge in [-0.2, -0.15) is 0 Å². The molecule has 1 heterocycles. The molecule has 0 amide bonds. The number of nitrogens with one attached hydrogen (secondary N) is 1. The number of hydrogen-bond acceptors (Lipinski definition) is 3. The van der Waals surface area contributed by atoms with Crippen LogP contribution in [0.3, 0.4) is 0 Å². The molecule has 0 aliphatic carbocycles. The second-order valence-electron chi connectivity index (χ2n) is 3.44. The first kappa shape index (κ1) is 10.2. The van der Waals surface area contributed by atoms with Gasteiger partial charge in [0.2, 0.25) is 0 Å². The Kier molecular flexibility index (Phi) is 2.36. The van der Waals surface area contributed by atoms with Gasteiger partial charge < -0.3 is 5.11 Å². The number of aryl methyl sites for hydroxylation is 1. The van der Waals surface area contributed by atoms with Crippen molar-refractivity contribution in [3.05, 3.63) is 56.9 Å². The number of phenolic OH excluding ortho intramolecular Hbond substituents is 1. The minimum absolute atomic E-state index is 0.0648. The Hall–Kier alpha value is -2.30. The Balaban J connectivity index is 2.74. The summed E-state index contributed by atoms with van der Waals surface area (Å²) in [7, 11) is 0. The zero-order valence-corrected chi connectivity index (χ0v) is 8.60. The number of nitrogens with zero attached hydrogens (tertiary/aromatic N) is 1. The third-order valence-corrected chi connectivity index (χ3v) is 2.21. The van der Waals surface area contributed by atoms with Crippen molar-refractivity contribution >= 4 is 0 Å². The van der Waals surface area contributed by atoms with E-state index in [1.807, 2.05) is 0 Å². The molecule has 82 valence electrons. The molecule has 2 rings (SSSR count). The molecule has 2 aromatic rings. The highest BCUT2D eigenvalue weighted by Crippen LogP contribution is 2.14. The second-order valence-corrected chi connectivity index (χ2v) is 3.44. The van der Waals surface area contributed by atoms with Crippen LogP contribution in [0.1, 0.15) is 5.69 Å². The van der Waals surface area contributed by atoms with Gasteiger partial charge in [-0.05, 0) is 19.1 Å². The molecule has 0 fully saturated rings. The zero-order chi connectivity index (χ0) is 11.7. The van der Waals surface area contributed by atoms with Gasteiger partial charge in [0.1, 0.15) is 5.75 Å². The Morgan fingerprint density at radius 2 is 2.00 bits per heavy atom. The molecule has 1 aromatic carbocycles. The summed E-state index contributed by atoms with van der Waals surface area (Å²) in [6, 6.07) is 7.59. The largest absolute Gasteiger partial charge is 0.508 e. The molecule has 0 saturated heterocycles. The molecule has 5 heteroatoms. The van der Waals surface area contributed by atoms with Gasteiger partial charge in [-0.3, -0.25) is 14.3 Å². The molecule has 0 atom stereocenters. The van der Waals surface area contributed by atoms with Crippen LogP contribution in [-0.2, 0) is 0 Å². The van der Waals surface area contributed by atoms with Crippen molar-refractivity contribution in [1.82, 2.24) is 9.55 Å². The monoisotopic (exact) mass is 218 g/mol. The first-order valence-electron chi connectivity index (χ1n) is 4.70. The molecule has 0 bridgehead atoms. The van der Waals surface area contributed by atoms with Crippen LogP contribution in [0.4, 0.5) is 0 Å². The molecular formula is C11H10N2O3. The maximum absolute atomic E-state index is 11.6. The SMILES string of the molecule is Cc1cc(=O)[nH]c(=O)n1-c1cccc(O)c1. The molecule has 2 N–H and O–H groups in total. The summed E-state index contributed by atoms with van der Waals surface area (Å²) in [5.74, 6) is 0.0648. The lowest BCUT2D eigenvalue weighted by Gasteiger charge is -2.08. The van der Waals surface area contributed by atoms with Crippen LogP contribution < -0.4 is 11.2 Å². The van der Waals surface area contributed by atoms with Crippen LogP contribution in [0.25, 0.3) is 5.69 Å². The molecule has 0 spiro atoms. The first-order valence-corrected chi connectivity index (χ1v) is 4.70. The number of aromatic nitrogens is 2. The van der Waals surface area contributed by atoms with Crippen LogP contribution in [0.5, 0.6) is 5.75 Å². The van der Waals surface area contributed by atoms with E-state index in [0.717, 1.165) is 0 Å². The summed E-state index contributed by atoms with van der Waals surface area (Å²) >= 11 is 0. The Bertz CT molecular complexity index is 640. The number of hydrogen-bond donors (Lipinski definition) is 2. The highest BCUT2D eigenvalue weighted by atomic mass is 16.3. The molecular weight excluding hydrogens is 208 g/mol. The Morgan fingerprint density at radius 3 is 2.62 bits per heavy atom. The van der Waals surface area contributed by atoms with Crippen LogP contribution in [0, 0.1) is 6.92 Å². The number of rotatable bonds is 1. The average molecular weight is 218 g/mol. The van der Waals surface area contributed by atoms with Gasteiger partial charge in [0.15, 0.2) is 0 Å². The first-order chi connectivity index (χ1) is 7.58. The van der Waals surface area contributed by atoms with Crippen molar-refractivity contribution in [2.75, 3.05) is 0 Å². The van der Waals surface area contributed by atoms with E-state index in [4.69, 9.17) is 0 Å². The fraction of sp³-hybridized carbons (Fsp3) is 0.0909. The van der Waals surface area contributed by atoms with Gasteiger partial charge in [0, 0.05) is 17.8 Å². The predicted molar refractivity (Wildman–Crippen MR) is 59.1 cm³/mol. The van der Waals surface area contributed by atoms with Gasteiger partial charge in [-0.25, -0.2) is 4.79 Å². The summed E-state index contributed by atoms with van der Waals surface area (Å²) in [6.45, 7) is 1.65. The molecule has 0 radical (unpaired) electrons. The minimum Gasteiger partial charge on any atom is -0.508 e. The third-order valence-electron chi connectivity index (χ3n) is 2.21. The fourth-order valence-corrected chi connectivity index (χ4v) is 1.56. The maximum Gasteiger partial charge on any atom is 0.333 e. The summed E-state index contributed by atoms with van der Waals surface area (Å²) in [4.78, 5) is 24.8. The fourth-order valence-electron chi connectivity index (χ4n) is 1.56. The normalized spacial score (nSPS) is 10.3. The maximum atomic E-state index is 11.6. The number of H-pyrrole nitrogens is 1. The van der Waals surface area contributed by atoms with Gasteiger partial charge in [0.25, 0.3) is 5.56 Å². The van der Waals surface area contributed by atoms with Crippen molar-refractivity contribution in [1.29, 1.82) is 0 Å². The van der Waals surface area contributed by atoms with Crippen LogP contribution in [0.15, 0.2) is 39.9 Å². The van der Waals surface area contributed by atoms with Crippen molar-refractivity contribution in [3.63, 3.8) is 0 Å². The molecule has 5 nitrogen and oxygen atoms in total. The lowest BCUT2D eigenvalue weighted by atomic mass is 10.3. The van der Waals surface area contributed by atoms with Gasteiger partial charge in [-0.1, -0.05) is 6.07 Å². The molecule has 0 aliphatic heterocycles. The third kappa shape index (κ3) is 1.75. The van der Waals surface area contributed by atoms with E-state index in [-0.39, 0.29) is 5.75 Å². The van der Waals surface area contributed by atoms with E-state index < -0.39 is 11.2 Å². The van der Waals surface area contributed by atoms with Crippen LogP contribution in [-0.4, -0.2) is 14.7 Å². The number of benzene rings is 1. The summed E-state index contributed by atoms with van der Waals surface area (Å²) in [6.07, 6.45) is 0. The molecule has 0 unspecified atom stereocenters. The standard InChI is InChI=1S/C11H10N2O3/c1-7-5-10(15)12-11(16)13(7)8-3-2-4-9(14)6-8/h2-6,14H,1H3,(H,12,15,16). The topological polar surface area (TPSA) is 75.1 Å². The number of aromatic amines is 1. The van der Waals surface area contributed by atoms with E-state index in [1.54, 1.807) is 19.1 Å². The smallest absolute Gasteiger partial charge is 0.333 e. The molecule has 16 heavy (non-hydrogen) atoms. The zero-order valence-electron chi connectivity index (χ0n) is 8.60. The highest BCUT2D eigenvalue weighted by molar-refractivity contribution is 5.39. The van der Waals surface area contributed by atoms with Gasteiger partial charge >= 0.3 is 5.69 Å². The van der Waals surface area contributed by atoms with Crippen molar-refractivity contribution in [2.24, 2.45) is 0 Å². The Labute approximate surface area is 90.6 Å². The lowest BCUT2D eigenvalue weighted by Crippen LogP contribution is -2.29. The quantitative estimate of drug-likeness (QED) is 0.733. The van der Waals surface area contributed by atoms with Gasteiger partial charge in [0.05, 0.1) is 5.69 Å². The molecule has 0 saturated carbocycles. The van der Waals surface area contributed by atoms with Gasteiger partial charge in [-0.15, -0.1) is 0 Å². The number of phenols is 1. The second kappa shape index (κ2) is 3.69. The van der Waals surface area contributed by atoms with E-state index in [1.165, 1.54) is 22.8 Å². The predicted octanol–water partition coefficient (Wildman–Crippen LogP) is 0.540. The lowest BCUT2D eigenvalue weighted by molar-refractivity contribution is 0.475.